The third-order valence-corrected chi connectivity index (χ3v) is 4.79. The fraction of sp³-hybridized carbons (Fsp3) is 0.632. The predicted octanol–water partition coefficient (Wildman–Crippen LogP) is 2.91. The van der Waals surface area contributed by atoms with Crippen LogP contribution >= 0.6 is 12.4 Å². The SMILES string of the molecule is CN(C)CCN(Cc1ccccc1)C(=O)CC1CCCCC1N.Cl. The van der Waals surface area contributed by atoms with Crippen LogP contribution in [0.5, 0.6) is 0 Å². The second-order valence-corrected chi connectivity index (χ2v) is 7.02. The van der Waals surface area contributed by atoms with E-state index < -0.39 is 0 Å². The van der Waals surface area contributed by atoms with Crippen molar-refractivity contribution in [2.75, 3.05) is 27.2 Å². The molecule has 1 amide bonds. The molecule has 0 aliphatic heterocycles. The van der Waals surface area contributed by atoms with Gasteiger partial charge in [0.05, 0.1) is 0 Å². The molecular weight excluding hydrogens is 322 g/mol. The first-order chi connectivity index (χ1) is 11.1. The summed E-state index contributed by atoms with van der Waals surface area (Å²) < 4.78 is 0. The molecule has 2 unspecified atom stereocenters. The average molecular weight is 354 g/mol. The maximum Gasteiger partial charge on any atom is 0.223 e. The lowest BCUT2D eigenvalue weighted by molar-refractivity contribution is -0.133. The summed E-state index contributed by atoms with van der Waals surface area (Å²) in [6.07, 6.45) is 5.18. The summed E-state index contributed by atoms with van der Waals surface area (Å²) in [6.45, 7) is 2.34. The summed E-state index contributed by atoms with van der Waals surface area (Å²) in [4.78, 5) is 16.9. The molecule has 1 saturated carbocycles. The zero-order valence-corrected chi connectivity index (χ0v) is 15.8. The van der Waals surface area contributed by atoms with E-state index in [1.807, 2.05) is 37.2 Å². The molecule has 5 heteroatoms. The molecule has 136 valence electrons. The lowest BCUT2D eigenvalue weighted by atomic mass is 9.82. The topological polar surface area (TPSA) is 49.6 Å². The zero-order chi connectivity index (χ0) is 16.7. The second-order valence-electron chi connectivity index (χ2n) is 7.02. The molecule has 2 atom stereocenters. The number of hydrogen-bond donors (Lipinski definition) is 1. The molecule has 0 radical (unpaired) electrons. The van der Waals surface area contributed by atoms with Crippen molar-refractivity contribution in [3.05, 3.63) is 35.9 Å². The molecule has 1 fully saturated rings. The van der Waals surface area contributed by atoms with Crippen molar-refractivity contribution >= 4 is 18.3 Å². The fourth-order valence-corrected chi connectivity index (χ4v) is 3.26. The number of benzene rings is 1. The molecule has 1 aromatic rings. The van der Waals surface area contributed by atoms with E-state index in [1.165, 1.54) is 18.4 Å². The molecule has 1 aliphatic rings. The predicted molar refractivity (Wildman–Crippen MR) is 102 cm³/mol. The van der Waals surface area contributed by atoms with Crippen LogP contribution in [0.2, 0.25) is 0 Å². The van der Waals surface area contributed by atoms with Gasteiger partial charge in [0.25, 0.3) is 0 Å². The number of carbonyl (C=O) groups excluding carboxylic acids is 1. The van der Waals surface area contributed by atoms with E-state index in [9.17, 15) is 4.79 Å². The molecule has 0 spiro atoms. The number of hydrogen-bond acceptors (Lipinski definition) is 3. The maximum absolute atomic E-state index is 12.8. The minimum atomic E-state index is 0. The Morgan fingerprint density at radius 1 is 1.12 bits per heavy atom. The van der Waals surface area contributed by atoms with Gasteiger partial charge in [-0.1, -0.05) is 43.2 Å². The summed E-state index contributed by atoms with van der Waals surface area (Å²) >= 11 is 0. The molecule has 1 aromatic carbocycles. The lowest BCUT2D eigenvalue weighted by Gasteiger charge is -2.31. The number of likely N-dealkylation sites (N-methyl/N-ethyl adjacent to an activating group) is 1. The standard InChI is InChI=1S/C19H31N3O.ClH/c1-21(2)12-13-22(15-16-8-4-3-5-9-16)19(23)14-17-10-6-7-11-18(17)20;/h3-5,8-9,17-18H,6-7,10-15,20H2,1-2H3;1H. The van der Waals surface area contributed by atoms with Crippen LogP contribution in [-0.2, 0) is 11.3 Å². The second kappa shape index (κ2) is 10.7. The van der Waals surface area contributed by atoms with Crippen molar-refractivity contribution in [1.82, 2.24) is 9.80 Å². The van der Waals surface area contributed by atoms with Crippen molar-refractivity contribution in [2.24, 2.45) is 11.7 Å². The van der Waals surface area contributed by atoms with Gasteiger partial charge in [0.15, 0.2) is 0 Å². The molecule has 2 N–H and O–H groups in total. The van der Waals surface area contributed by atoms with Crippen LogP contribution in [0.25, 0.3) is 0 Å². The number of amides is 1. The molecule has 2 rings (SSSR count). The van der Waals surface area contributed by atoms with Gasteiger partial charge < -0.3 is 15.5 Å². The Morgan fingerprint density at radius 3 is 2.42 bits per heavy atom. The maximum atomic E-state index is 12.8. The van der Waals surface area contributed by atoms with E-state index in [-0.39, 0.29) is 24.4 Å². The highest BCUT2D eigenvalue weighted by Gasteiger charge is 2.26. The summed E-state index contributed by atoms with van der Waals surface area (Å²) in [5.74, 6) is 0.604. The van der Waals surface area contributed by atoms with Crippen LogP contribution in [0.4, 0.5) is 0 Å². The Bertz CT molecular complexity index is 481. The fourth-order valence-electron chi connectivity index (χ4n) is 3.26. The monoisotopic (exact) mass is 353 g/mol. The van der Waals surface area contributed by atoms with Gasteiger partial charge in [-0.3, -0.25) is 4.79 Å². The summed E-state index contributed by atoms with van der Waals surface area (Å²) in [5.41, 5.74) is 7.41. The summed E-state index contributed by atoms with van der Waals surface area (Å²) in [5, 5.41) is 0. The molecule has 0 aromatic heterocycles. The van der Waals surface area contributed by atoms with Crippen molar-refractivity contribution in [3.63, 3.8) is 0 Å². The number of rotatable bonds is 7. The van der Waals surface area contributed by atoms with Crippen LogP contribution in [-0.4, -0.2) is 48.9 Å². The Kier molecular flexibility index (Phi) is 9.34. The third kappa shape index (κ3) is 6.80. The molecule has 24 heavy (non-hydrogen) atoms. The minimum absolute atomic E-state index is 0. The minimum Gasteiger partial charge on any atom is -0.337 e. The molecule has 0 bridgehead atoms. The molecule has 0 heterocycles. The Balaban J connectivity index is 0.00000288. The zero-order valence-electron chi connectivity index (χ0n) is 15.0. The van der Waals surface area contributed by atoms with Crippen molar-refractivity contribution < 1.29 is 4.79 Å². The van der Waals surface area contributed by atoms with Gasteiger partial charge >= 0.3 is 0 Å². The van der Waals surface area contributed by atoms with Gasteiger partial charge in [-0.05, 0) is 38.4 Å². The Morgan fingerprint density at radius 2 is 1.79 bits per heavy atom. The van der Waals surface area contributed by atoms with Gasteiger partial charge in [-0.15, -0.1) is 12.4 Å². The first-order valence-electron chi connectivity index (χ1n) is 8.78. The Labute approximate surface area is 152 Å². The van der Waals surface area contributed by atoms with E-state index in [0.29, 0.717) is 18.9 Å². The normalized spacial score (nSPS) is 20.5. The Hall–Kier alpha value is -1.10. The highest BCUT2D eigenvalue weighted by Crippen LogP contribution is 2.26. The van der Waals surface area contributed by atoms with Gasteiger partial charge in [-0.25, -0.2) is 0 Å². The van der Waals surface area contributed by atoms with Crippen molar-refractivity contribution in [2.45, 2.75) is 44.7 Å². The van der Waals surface area contributed by atoms with Gasteiger partial charge in [0, 0.05) is 32.1 Å². The number of carbonyl (C=O) groups is 1. The third-order valence-electron chi connectivity index (χ3n) is 4.79. The average Bonchev–Trinajstić information content (AvgIpc) is 2.54. The van der Waals surface area contributed by atoms with Gasteiger partial charge in [0.2, 0.25) is 5.91 Å². The first kappa shape index (κ1) is 20.9. The lowest BCUT2D eigenvalue weighted by Crippen LogP contribution is -2.40. The summed E-state index contributed by atoms with van der Waals surface area (Å²) in [6, 6.07) is 10.4. The van der Waals surface area contributed by atoms with Crippen molar-refractivity contribution in [3.8, 4) is 0 Å². The number of halogens is 1. The largest absolute Gasteiger partial charge is 0.337 e. The number of nitrogens with zero attached hydrogens (tertiary/aromatic N) is 2. The van der Waals surface area contributed by atoms with Crippen LogP contribution < -0.4 is 5.73 Å². The van der Waals surface area contributed by atoms with Gasteiger partial charge in [-0.2, -0.15) is 0 Å². The van der Waals surface area contributed by atoms with Crippen LogP contribution in [0.1, 0.15) is 37.7 Å². The van der Waals surface area contributed by atoms with E-state index in [1.54, 1.807) is 0 Å². The molecule has 4 nitrogen and oxygen atoms in total. The molecular formula is C19H32ClN3O. The van der Waals surface area contributed by atoms with E-state index in [2.05, 4.69) is 17.0 Å². The van der Waals surface area contributed by atoms with Crippen LogP contribution in [0, 0.1) is 5.92 Å². The van der Waals surface area contributed by atoms with E-state index in [0.717, 1.165) is 25.9 Å². The highest BCUT2D eigenvalue weighted by atomic mass is 35.5. The molecule has 0 saturated heterocycles. The first-order valence-corrected chi connectivity index (χ1v) is 8.78. The van der Waals surface area contributed by atoms with Crippen LogP contribution in [0.3, 0.4) is 0 Å². The van der Waals surface area contributed by atoms with E-state index in [4.69, 9.17) is 5.73 Å². The number of nitrogens with two attached hydrogens (primary N) is 1. The van der Waals surface area contributed by atoms with Crippen LogP contribution in [0.15, 0.2) is 30.3 Å². The van der Waals surface area contributed by atoms with E-state index >= 15 is 0 Å². The molecule has 1 aliphatic carbocycles. The highest BCUT2D eigenvalue weighted by molar-refractivity contribution is 5.85. The van der Waals surface area contributed by atoms with Gasteiger partial charge in [0.1, 0.15) is 0 Å². The smallest absolute Gasteiger partial charge is 0.223 e. The quantitative estimate of drug-likeness (QED) is 0.820. The van der Waals surface area contributed by atoms with Crippen molar-refractivity contribution in [1.29, 1.82) is 0 Å². The summed E-state index contributed by atoms with van der Waals surface area (Å²) in [7, 11) is 4.09.